The number of carbonyl (C=O) groups is 1. The molecule has 1 saturated heterocycles. The Hall–Kier alpha value is -2.65. The van der Waals surface area contributed by atoms with E-state index in [1.54, 1.807) is 4.57 Å². The Kier molecular flexibility index (Phi) is 4.53. The van der Waals surface area contributed by atoms with Crippen LogP contribution in [-0.2, 0) is 0 Å². The number of ether oxygens (including phenoxy) is 1. The van der Waals surface area contributed by atoms with Gasteiger partial charge in [-0.2, -0.15) is 0 Å². The Bertz CT molecular complexity index is 1140. The van der Waals surface area contributed by atoms with Crippen molar-refractivity contribution in [1.29, 1.82) is 0 Å². The molecule has 8 nitrogen and oxygen atoms in total. The number of carboxylic acids is 1. The summed E-state index contributed by atoms with van der Waals surface area (Å²) >= 11 is 0. The lowest BCUT2D eigenvalue weighted by Crippen LogP contribution is -2.40. The molecule has 3 atom stereocenters. The largest absolute Gasteiger partial charge is 0.492 e. The first-order valence-electron chi connectivity index (χ1n) is 10.6. The molecule has 2 aliphatic carbocycles. The molecule has 3 unspecified atom stereocenters. The number of aromatic carboxylic acids is 1. The summed E-state index contributed by atoms with van der Waals surface area (Å²) in [6.07, 6.45) is 4.26. The number of aliphatic hydroxyl groups is 2. The van der Waals surface area contributed by atoms with Crippen molar-refractivity contribution >= 4 is 22.6 Å². The average Bonchev–Trinajstić information content (AvgIpc) is 3.42. The summed E-state index contributed by atoms with van der Waals surface area (Å²) in [7, 11) is 1.41. The minimum Gasteiger partial charge on any atom is -0.492 e. The number of rotatable bonds is 5. The van der Waals surface area contributed by atoms with Gasteiger partial charge in [-0.05, 0) is 37.7 Å². The number of fused-ring (bicyclic) bond motifs is 2. The van der Waals surface area contributed by atoms with Crippen LogP contribution in [0.1, 0.15) is 42.1 Å². The molecular weight excluding hydrogens is 407 g/mol. The fourth-order valence-corrected chi connectivity index (χ4v) is 5.50. The van der Waals surface area contributed by atoms with Crippen LogP contribution in [0.15, 0.2) is 17.1 Å². The van der Waals surface area contributed by atoms with Gasteiger partial charge in [-0.25, -0.2) is 9.18 Å². The normalized spacial score (nSPS) is 27.7. The molecule has 1 aromatic carbocycles. The molecule has 2 aromatic rings. The zero-order valence-electron chi connectivity index (χ0n) is 17.2. The van der Waals surface area contributed by atoms with Crippen molar-refractivity contribution in [3.63, 3.8) is 0 Å². The van der Waals surface area contributed by atoms with E-state index in [2.05, 4.69) is 0 Å². The molecule has 31 heavy (non-hydrogen) atoms. The van der Waals surface area contributed by atoms with Gasteiger partial charge in [0.1, 0.15) is 11.3 Å². The van der Waals surface area contributed by atoms with Crippen LogP contribution in [-0.4, -0.2) is 58.3 Å². The second kappa shape index (κ2) is 6.93. The predicted octanol–water partition coefficient (Wildman–Crippen LogP) is 1.75. The zero-order valence-corrected chi connectivity index (χ0v) is 17.2. The summed E-state index contributed by atoms with van der Waals surface area (Å²) in [6.45, 7) is 0.534. The molecule has 3 fully saturated rings. The molecule has 2 saturated carbocycles. The Morgan fingerprint density at radius 2 is 2.06 bits per heavy atom. The third-order valence-corrected chi connectivity index (χ3v) is 7.24. The second-order valence-corrected chi connectivity index (χ2v) is 9.02. The summed E-state index contributed by atoms with van der Waals surface area (Å²) in [5.41, 5.74) is -1.70. The summed E-state index contributed by atoms with van der Waals surface area (Å²) in [5, 5.41) is 29.9. The number of methoxy groups -OCH3 is 1. The maximum Gasteiger partial charge on any atom is 0.341 e. The van der Waals surface area contributed by atoms with E-state index in [1.165, 1.54) is 13.3 Å². The number of aromatic nitrogens is 1. The summed E-state index contributed by atoms with van der Waals surface area (Å²) in [6, 6.07) is 1.14. The van der Waals surface area contributed by atoms with Gasteiger partial charge in [0.05, 0.1) is 30.2 Å². The second-order valence-electron chi connectivity index (χ2n) is 9.02. The van der Waals surface area contributed by atoms with Crippen molar-refractivity contribution in [2.24, 2.45) is 11.8 Å². The van der Waals surface area contributed by atoms with Crippen molar-refractivity contribution in [3.05, 3.63) is 33.9 Å². The van der Waals surface area contributed by atoms with Crippen molar-refractivity contribution in [1.82, 2.24) is 4.57 Å². The number of aliphatic hydroxyl groups excluding tert-OH is 1. The Morgan fingerprint density at radius 3 is 2.68 bits per heavy atom. The van der Waals surface area contributed by atoms with Gasteiger partial charge in [0.25, 0.3) is 0 Å². The molecule has 0 amide bonds. The molecule has 0 bridgehead atoms. The number of benzene rings is 1. The zero-order chi connectivity index (χ0) is 22.1. The number of hydrogen-bond acceptors (Lipinski definition) is 6. The van der Waals surface area contributed by atoms with Crippen molar-refractivity contribution in [2.75, 3.05) is 31.7 Å². The van der Waals surface area contributed by atoms with Crippen LogP contribution in [0, 0.1) is 17.7 Å². The number of anilines is 1. The van der Waals surface area contributed by atoms with E-state index in [4.69, 9.17) is 4.74 Å². The van der Waals surface area contributed by atoms with Crippen LogP contribution in [0.5, 0.6) is 5.75 Å². The molecule has 0 radical (unpaired) electrons. The van der Waals surface area contributed by atoms with Gasteiger partial charge in [-0.3, -0.25) is 4.79 Å². The predicted molar refractivity (Wildman–Crippen MR) is 110 cm³/mol. The van der Waals surface area contributed by atoms with Crippen LogP contribution >= 0.6 is 0 Å². The minimum absolute atomic E-state index is 0.0174. The smallest absolute Gasteiger partial charge is 0.341 e. The summed E-state index contributed by atoms with van der Waals surface area (Å²) in [4.78, 5) is 26.2. The third-order valence-electron chi connectivity index (χ3n) is 7.24. The molecular formula is C22H25FN2O6. The number of hydrogen-bond donors (Lipinski definition) is 3. The van der Waals surface area contributed by atoms with E-state index in [1.807, 2.05) is 4.90 Å². The maximum absolute atomic E-state index is 15.4. The van der Waals surface area contributed by atoms with Crippen LogP contribution < -0.4 is 15.1 Å². The molecule has 9 heteroatoms. The number of carboxylic acid groups (broad SMARTS) is 1. The molecule has 3 aliphatic rings. The van der Waals surface area contributed by atoms with Gasteiger partial charge in [-0.1, -0.05) is 0 Å². The topological polar surface area (TPSA) is 112 Å². The molecule has 166 valence electrons. The van der Waals surface area contributed by atoms with E-state index in [0.29, 0.717) is 25.0 Å². The van der Waals surface area contributed by atoms with Gasteiger partial charge in [0.2, 0.25) is 5.43 Å². The Morgan fingerprint density at radius 1 is 1.32 bits per heavy atom. The molecule has 2 heterocycles. The highest BCUT2D eigenvalue weighted by molar-refractivity contribution is 5.97. The van der Waals surface area contributed by atoms with Gasteiger partial charge >= 0.3 is 5.97 Å². The van der Waals surface area contributed by atoms with Gasteiger partial charge < -0.3 is 29.5 Å². The lowest BCUT2D eigenvalue weighted by atomic mass is 9.89. The monoisotopic (exact) mass is 432 g/mol. The van der Waals surface area contributed by atoms with E-state index >= 15 is 4.39 Å². The molecule has 5 rings (SSSR count). The SMILES string of the molecule is COc1c(N2CC3CCC(O)(CO)C3C2)c(F)cc2c(=O)c(C(=O)O)cn(C3CC3)c12. The van der Waals surface area contributed by atoms with Crippen LogP contribution in [0.25, 0.3) is 10.9 Å². The van der Waals surface area contributed by atoms with Crippen molar-refractivity contribution in [3.8, 4) is 5.75 Å². The summed E-state index contributed by atoms with van der Waals surface area (Å²) < 4.78 is 22.8. The fraction of sp³-hybridized carbons (Fsp3) is 0.545. The lowest BCUT2D eigenvalue weighted by molar-refractivity contribution is -0.0432. The van der Waals surface area contributed by atoms with E-state index in [0.717, 1.165) is 25.3 Å². The highest BCUT2D eigenvalue weighted by Crippen LogP contribution is 2.49. The maximum atomic E-state index is 15.4. The van der Waals surface area contributed by atoms with Gasteiger partial charge in [0.15, 0.2) is 11.6 Å². The quantitative estimate of drug-likeness (QED) is 0.660. The standard InChI is InChI=1S/C22H25FN2O6/c1-31-20-17-13(19(27)14(21(28)29)8-25(17)12-2-3-12)6-16(23)18(20)24-7-11-4-5-22(30,10-26)15(11)9-24/h6,8,11-12,15,26,30H,2-5,7,9-10H2,1H3,(H,28,29). The minimum atomic E-state index is -1.35. The molecule has 1 aliphatic heterocycles. The highest BCUT2D eigenvalue weighted by atomic mass is 19.1. The first-order chi connectivity index (χ1) is 14.8. The summed E-state index contributed by atoms with van der Waals surface area (Å²) in [5.74, 6) is -1.88. The highest BCUT2D eigenvalue weighted by Gasteiger charge is 2.52. The number of halogens is 1. The number of pyridine rings is 1. The van der Waals surface area contributed by atoms with Gasteiger partial charge in [-0.15, -0.1) is 0 Å². The molecule has 3 N–H and O–H groups in total. The van der Waals surface area contributed by atoms with E-state index in [-0.39, 0.29) is 41.3 Å². The van der Waals surface area contributed by atoms with Crippen LogP contribution in [0.4, 0.5) is 10.1 Å². The van der Waals surface area contributed by atoms with E-state index in [9.17, 15) is 24.9 Å². The molecule has 1 aromatic heterocycles. The lowest BCUT2D eigenvalue weighted by Gasteiger charge is -2.29. The first kappa shape index (κ1) is 20.3. The van der Waals surface area contributed by atoms with Crippen molar-refractivity contribution in [2.45, 2.75) is 37.3 Å². The third kappa shape index (κ3) is 2.94. The van der Waals surface area contributed by atoms with E-state index < -0.39 is 28.4 Å². The molecule has 0 spiro atoms. The van der Waals surface area contributed by atoms with Crippen LogP contribution in [0.2, 0.25) is 0 Å². The van der Waals surface area contributed by atoms with Gasteiger partial charge in [0, 0.05) is 31.2 Å². The average molecular weight is 432 g/mol. The number of nitrogens with zero attached hydrogens (tertiary/aromatic N) is 2. The fourth-order valence-electron chi connectivity index (χ4n) is 5.50. The first-order valence-corrected chi connectivity index (χ1v) is 10.6. The Balaban J connectivity index is 1.70. The van der Waals surface area contributed by atoms with Crippen LogP contribution in [0.3, 0.4) is 0 Å². The Labute approximate surface area is 177 Å². The van der Waals surface area contributed by atoms with Crippen molar-refractivity contribution < 1.29 is 29.2 Å².